The topological polar surface area (TPSA) is 62.6 Å². The van der Waals surface area contributed by atoms with Crippen molar-refractivity contribution < 1.29 is 14.0 Å². The number of amides is 2. The van der Waals surface area contributed by atoms with Crippen LogP contribution in [0, 0.1) is 5.92 Å². The van der Waals surface area contributed by atoms with Crippen LogP contribution in [-0.4, -0.2) is 36.3 Å². The molecule has 1 atom stereocenters. The van der Waals surface area contributed by atoms with Gasteiger partial charge in [0.15, 0.2) is 5.76 Å². The summed E-state index contributed by atoms with van der Waals surface area (Å²) in [5.74, 6) is 0.716. The summed E-state index contributed by atoms with van der Waals surface area (Å²) in [4.78, 5) is 25.3. The molecule has 0 radical (unpaired) electrons. The maximum absolute atomic E-state index is 11.9. The van der Waals surface area contributed by atoms with Crippen molar-refractivity contribution in [2.75, 3.05) is 13.6 Å². The normalized spacial score (nSPS) is 15.9. The first-order valence-corrected chi connectivity index (χ1v) is 6.67. The molecule has 1 aromatic rings. The molecule has 104 valence electrons. The lowest BCUT2D eigenvalue weighted by Gasteiger charge is -2.24. The van der Waals surface area contributed by atoms with E-state index >= 15 is 0 Å². The third kappa shape index (κ3) is 3.59. The molecule has 0 spiro atoms. The lowest BCUT2D eigenvalue weighted by molar-refractivity contribution is -0.131. The Labute approximate surface area is 113 Å². The Morgan fingerprint density at radius 3 is 2.84 bits per heavy atom. The Kier molecular flexibility index (Phi) is 4.24. The summed E-state index contributed by atoms with van der Waals surface area (Å²) in [5.41, 5.74) is 0. The smallest absolute Gasteiger partial charge is 0.286 e. The molecule has 1 fully saturated rings. The minimum absolute atomic E-state index is 0.0687. The Morgan fingerprint density at radius 1 is 1.53 bits per heavy atom. The van der Waals surface area contributed by atoms with E-state index < -0.39 is 0 Å². The summed E-state index contributed by atoms with van der Waals surface area (Å²) in [7, 11) is 1.83. The summed E-state index contributed by atoms with van der Waals surface area (Å²) < 4.78 is 4.97. The molecule has 0 bridgehead atoms. The molecule has 19 heavy (non-hydrogen) atoms. The number of hydrogen-bond acceptors (Lipinski definition) is 3. The van der Waals surface area contributed by atoms with Crippen molar-refractivity contribution in [2.24, 2.45) is 5.92 Å². The van der Waals surface area contributed by atoms with Gasteiger partial charge in [0.25, 0.3) is 5.91 Å². The van der Waals surface area contributed by atoms with Gasteiger partial charge in [-0.2, -0.15) is 0 Å². The highest BCUT2D eigenvalue weighted by molar-refractivity contribution is 5.91. The molecule has 1 unspecified atom stereocenters. The fourth-order valence-corrected chi connectivity index (χ4v) is 2.08. The number of nitrogens with zero attached hydrogens (tertiary/aromatic N) is 1. The molecule has 1 saturated carbocycles. The van der Waals surface area contributed by atoms with Gasteiger partial charge in [0.05, 0.1) is 6.26 Å². The molecule has 0 saturated heterocycles. The van der Waals surface area contributed by atoms with E-state index in [1.807, 2.05) is 7.05 Å². The molecule has 1 aliphatic carbocycles. The van der Waals surface area contributed by atoms with Gasteiger partial charge in [0, 0.05) is 26.1 Å². The summed E-state index contributed by atoms with van der Waals surface area (Å²) in [6, 6.07) is 3.55. The Hall–Kier alpha value is -1.78. The van der Waals surface area contributed by atoms with Gasteiger partial charge >= 0.3 is 0 Å². The van der Waals surface area contributed by atoms with Gasteiger partial charge in [0.2, 0.25) is 5.91 Å². The average molecular weight is 264 g/mol. The lowest BCUT2D eigenvalue weighted by Crippen LogP contribution is -2.38. The second-order valence-corrected chi connectivity index (χ2v) is 5.07. The average Bonchev–Trinajstić information content (AvgIpc) is 3.11. The molecule has 5 heteroatoms. The van der Waals surface area contributed by atoms with Gasteiger partial charge in [-0.15, -0.1) is 0 Å². The molecular formula is C14H20N2O3. The lowest BCUT2D eigenvalue weighted by atomic mass is 10.2. The predicted octanol–water partition coefficient (Wildman–Crippen LogP) is 1.66. The van der Waals surface area contributed by atoms with Gasteiger partial charge in [0.1, 0.15) is 0 Å². The summed E-state index contributed by atoms with van der Waals surface area (Å²) in [6.45, 7) is 2.41. The van der Waals surface area contributed by atoms with Crippen LogP contribution in [0.25, 0.3) is 0 Å². The van der Waals surface area contributed by atoms with Crippen LogP contribution in [-0.2, 0) is 4.79 Å². The van der Waals surface area contributed by atoms with E-state index in [2.05, 4.69) is 12.2 Å². The number of hydrogen-bond donors (Lipinski definition) is 1. The maximum atomic E-state index is 11.9. The van der Waals surface area contributed by atoms with Gasteiger partial charge < -0.3 is 14.6 Å². The highest BCUT2D eigenvalue weighted by Gasteiger charge is 2.32. The van der Waals surface area contributed by atoms with Crippen LogP contribution >= 0.6 is 0 Å². The Bertz CT molecular complexity index is 438. The second-order valence-electron chi connectivity index (χ2n) is 5.07. The first-order valence-electron chi connectivity index (χ1n) is 6.67. The zero-order valence-electron chi connectivity index (χ0n) is 11.4. The largest absolute Gasteiger partial charge is 0.459 e. The first kappa shape index (κ1) is 13.6. The molecule has 1 heterocycles. The zero-order chi connectivity index (χ0) is 13.8. The van der Waals surface area contributed by atoms with E-state index in [-0.39, 0.29) is 17.6 Å². The summed E-state index contributed by atoms with van der Waals surface area (Å²) >= 11 is 0. The predicted molar refractivity (Wildman–Crippen MR) is 70.6 cm³/mol. The molecule has 0 aromatic carbocycles. The standard InChI is InChI=1S/C14H20N2O3/c1-10(11-5-6-11)16(2)13(17)7-8-15-14(18)12-4-3-9-19-12/h3-4,9-11H,5-8H2,1-2H3,(H,15,18). The van der Waals surface area contributed by atoms with Crippen LogP contribution in [0.5, 0.6) is 0 Å². The second kappa shape index (κ2) is 5.91. The number of nitrogens with one attached hydrogen (secondary N) is 1. The fraction of sp³-hybridized carbons (Fsp3) is 0.571. The monoisotopic (exact) mass is 264 g/mol. The number of rotatable bonds is 6. The Balaban J connectivity index is 1.70. The Morgan fingerprint density at radius 2 is 2.26 bits per heavy atom. The minimum atomic E-state index is -0.282. The zero-order valence-corrected chi connectivity index (χ0v) is 11.4. The van der Waals surface area contributed by atoms with Crippen molar-refractivity contribution in [1.29, 1.82) is 0 Å². The van der Waals surface area contributed by atoms with Crippen LogP contribution in [0.15, 0.2) is 22.8 Å². The van der Waals surface area contributed by atoms with Crippen molar-refractivity contribution in [3.05, 3.63) is 24.2 Å². The minimum Gasteiger partial charge on any atom is -0.459 e. The molecule has 0 aliphatic heterocycles. The van der Waals surface area contributed by atoms with Crippen molar-refractivity contribution in [3.63, 3.8) is 0 Å². The van der Waals surface area contributed by atoms with E-state index in [1.165, 1.54) is 19.1 Å². The van der Waals surface area contributed by atoms with Crippen LogP contribution in [0.4, 0.5) is 0 Å². The molecule has 1 aromatic heterocycles. The maximum Gasteiger partial charge on any atom is 0.286 e. The molecular weight excluding hydrogens is 244 g/mol. The SMILES string of the molecule is CC(C1CC1)N(C)C(=O)CCNC(=O)c1ccco1. The van der Waals surface area contributed by atoms with E-state index in [4.69, 9.17) is 4.42 Å². The van der Waals surface area contributed by atoms with Gasteiger partial charge in [-0.25, -0.2) is 0 Å². The van der Waals surface area contributed by atoms with Crippen molar-refractivity contribution in [1.82, 2.24) is 10.2 Å². The van der Waals surface area contributed by atoms with Crippen LogP contribution in [0.3, 0.4) is 0 Å². The highest BCUT2D eigenvalue weighted by atomic mass is 16.3. The third-order valence-corrected chi connectivity index (χ3v) is 3.68. The fourth-order valence-electron chi connectivity index (χ4n) is 2.08. The van der Waals surface area contributed by atoms with Gasteiger partial charge in [-0.05, 0) is 37.8 Å². The van der Waals surface area contributed by atoms with Crippen LogP contribution < -0.4 is 5.32 Å². The number of carbonyl (C=O) groups is 2. The number of carbonyl (C=O) groups excluding carboxylic acids is 2. The summed E-state index contributed by atoms with van der Waals surface area (Å²) in [6.07, 6.45) is 4.20. The van der Waals surface area contributed by atoms with Gasteiger partial charge in [-0.3, -0.25) is 9.59 Å². The van der Waals surface area contributed by atoms with Crippen molar-refractivity contribution in [3.8, 4) is 0 Å². The molecule has 2 amide bonds. The van der Waals surface area contributed by atoms with Crippen LogP contribution in [0.2, 0.25) is 0 Å². The van der Waals surface area contributed by atoms with Crippen LogP contribution in [0.1, 0.15) is 36.7 Å². The van der Waals surface area contributed by atoms with E-state index in [9.17, 15) is 9.59 Å². The first-order chi connectivity index (χ1) is 9.09. The quantitative estimate of drug-likeness (QED) is 0.850. The van der Waals surface area contributed by atoms with Crippen molar-refractivity contribution in [2.45, 2.75) is 32.2 Å². The van der Waals surface area contributed by atoms with E-state index in [1.54, 1.807) is 17.0 Å². The molecule has 5 nitrogen and oxygen atoms in total. The third-order valence-electron chi connectivity index (χ3n) is 3.68. The summed E-state index contributed by atoms with van der Waals surface area (Å²) in [5, 5.41) is 2.67. The van der Waals surface area contributed by atoms with E-state index in [0.29, 0.717) is 24.9 Å². The van der Waals surface area contributed by atoms with Crippen molar-refractivity contribution >= 4 is 11.8 Å². The van der Waals surface area contributed by atoms with Gasteiger partial charge in [-0.1, -0.05) is 0 Å². The molecule has 2 rings (SSSR count). The molecule has 1 N–H and O–H groups in total. The van der Waals surface area contributed by atoms with E-state index in [0.717, 1.165) is 0 Å². The highest BCUT2D eigenvalue weighted by Crippen LogP contribution is 2.34. The number of furan rings is 1. The molecule has 1 aliphatic rings.